The molecule has 0 radical (unpaired) electrons. The Morgan fingerprint density at radius 1 is 1.55 bits per heavy atom. The Kier molecular flexibility index (Phi) is 4.38. The van der Waals surface area contributed by atoms with Gasteiger partial charge in [-0.3, -0.25) is 4.79 Å². The number of ether oxygens (including phenoxy) is 1. The van der Waals surface area contributed by atoms with Gasteiger partial charge in [-0.2, -0.15) is 0 Å². The molecule has 1 atom stereocenters. The number of carbonyl (C=O) groups is 1. The van der Waals surface area contributed by atoms with E-state index in [0.717, 1.165) is 25.1 Å². The van der Waals surface area contributed by atoms with Gasteiger partial charge >= 0.3 is 0 Å². The summed E-state index contributed by atoms with van der Waals surface area (Å²) in [5.41, 5.74) is 1.10. The molecule has 2 aromatic rings. The third-order valence-electron chi connectivity index (χ3n) is 3.56. The Morgan fingerprint density at radius 3 is 3.18 bits per heavy atom. The molecule has 22 heavy (non-hydrogen) atoms. The summed E-state index contributed by atoms with van der Waals surface area (Å²) in [7, 11) is 1.71. The highest BCUT2D eigenvalue weighted by Gasteiger charge is 2.20. The van der Waals surface area contributed by atoms with Crippen LogP contribution in [0.3, 0.4) is 0 Å². The van der Waals surface area contributed by atoms with Crippen LogP contribution in [-0.4, -0.2) is 55.5 Å². The van der Waals surface area contributed by atoms with Crippen LogP contribution in [0, 0.1) is 0 Å². The molecule has 3 heterocycles. The lowest BCUT2D eigenvalue weighted by Gasteiger charge is -2.14. The van der Waals surface area contributed by atoms with Gasteiger partial charge in [-0.25, -0.2) is 14.6 Å². The number of nitrogens with zero attached hydrogens (tertiary/aromatic N) is 6. The molecule has 0 bridgehead atoms. The molecule has 0 saturated carbocycles. The van der Waals surface area contributed by atoms with Crippen LogP contribution in [0.15, 0.2) is 24.8 Å². The summed E-state index contributed by atoms with van der Waals surface area (Å²) in [6.45, 7) is 1.84. The molecule has 2 aromatic heterocycles. The van der Waals surface area contributed by atoms with E-state index in [4.69, 9.17) is 4.74 Å². The summed E-state index contributed by atoms with van der Waals surface area (Å²) in [6, 6.07) is 1.78. The first-order valence-corrected chi connectivity index (χ1v) is 7.24. The van der Waals surface area contributed by atoms with Gasteiger partial charge in [-0.1, -0.05) is 5.21 Å². The van der Waals surface area contributed by atoms with Gasteiger partial charge in [0.05, 0.1) is 31.1 Å². The maximum absolute atomic E-state index is 12.3. The third kappa shape index (κ3) is 3.45. The van der Waals surface area contributed by atoms with Crippen molar-refractivity contribution in [2.75, 3.05) is 13.7 Å². The minimum atomic E-state index is -0.183. The normalized spacial score (nSPS) is 17.6. The average molecular weight is 302 g/mol. The molecule has 1 fully saturated rings. The Labute approximate surface area is 128 Å². The van der Waals surface area contributed by atoms with E-state index in [1.165, 1.54) is 6.33 Å². The molecule has 8 nitrogen and oxygen atoms in total. The fourth-order valence-corrected chi connectivity index (χ4v) is 2.40. The summed E-state index contributed by atoms with van der Waals surface area (Å²) in [5.74, 6) is -0.183. The molecule has 8 heteroatoms. The van der Waals surface area contributed by atoms with Crippen LogP contribution in [0.5, 0.6) is 0 Å². The van der Waals surface area contributed by atoms with Crippen molar-refractivity contribution in [2.45, 2.75) is 32.0 Å². The van der Waals surface area contributed by atoms with Crippen molar-refractivity contribution in [1.82, 2.24) is 29.9 Å². The number of carbonyl (C=O) groups excluding carboxylic acids is 1. The van der Waals surface area contributed by atoms with Crippen LogP contribution in [0.1, 0.15) is 29.0 Å². The van der Waals surface area contributed by atoms with E-state index < -0.39 is 0 Å². The van der Waals surface area contributed by atoms with Crippen molar-refractivity contribution in [3.05, 3.63) is 36.2 Å². The number of aromatic nitrogens is 5. The van der Waals surface area contributed by atoms with Crippen molar-refractivity contribution in [3.8, 4) is 0 Å². The highest BCUT2D eigenvalue weighted by molar-refractivity contribution is 5.91. The van der Waals surface area contributed by atoms with Crippen LogP contribution in [0.25, 0.3) is 0 Å². The van der Waals surface area contributed by atoms with Gasteiger partial charge in [0.2, 0.25) is 0 Å². The van der Waals surface area contributed by atoms with E-state index in [2.05, 4.69) is 20.3 Å². The maximum Gasteiger partial charge on any atom is 0.276 e. The summed E-state index contributed by atoms with van der Waals surface area (Å²) >= 11 is 0. The van der Waals surface area contributed by atoms with Gasteiger partial charge in [-0.05, 0) is 18.9 Å². The zero-order valence-corrected chi connectivity index (χ0v) is 12.4. The highest BCUT2D eigenvalue weighted by Crippen LogP contribution is 2.13. The molecule has 1 aliphatic rings. The van der Waals surface area contributed by atoms with Crippen molar-refractivity contribution in [3.63, 3.8) is 0 Å². The minimum Gasteiger partial charge on any atom is -0.376 e. The first-order valence-electron chi connectivity index (χ1n) is 7.24. The number of amides is 1. The fourth-order valence-electron chi connectivity index (χ4n) is 2.40. The third-order valence-corrected chi connectivity index (χ3v) is 3.56. The monoisotopic (exact) mass is 302 g/mol. The molecule has 0 N–H and O–H groups in total. The maximum atomic E-state index is 12.3. The second-order valence-electron chi connectivity index (χ2n) is 5.32. The first-order chi connectivity index (χ1) is 10.7. The summed E-state index contributed by atoms with van der Waals surface area (Å²) in [6.07, 6.45) is 7.05. The molecule has 1 aliphatic heterocycles. The Balaban J connectivity index is 1.60. The van der Waals surface area contributed by atoms with Crippen molar-refractivity contribution < 1.29 is 9.53 Å². The van der Waals surface area contributed by atoms with E-state index in [-0.39, 0.29) is 12.0 Å². The second kappa shape index (κ2) is 6.61. The molecular weight excluding hydrogens is 284 g/mol. The van der Waals surface area contributed by atoms with Gasteiger partial charge in [-0.15, -0.1) is 5.10 Å². The summed E-state index contributed by atoms with van der Waals surface area (Å²) in [4.78, 5) is 21.9. The smallest absolute Gasteiger partial charge is 0.276 e. The van der Waals surface area contributed by atoms with Gasteiger partial charge in [0.15, 0.2) is 5.69 Å². The molecule has 0 aliphatic carbocycles. The number of rotatable bonds is 5. The van der Waals surface area contributed by atoms with Crippen molar-refractivity contribution >= 4 is 5.91 Å². The number of hydrogen-bond acceptors (Lipinski definition) is 6. The molecule has 0 spiro atoms. The standard InChI is InChI=1S/C14H18N6O2/c1-19(7-11-4-5-15-10-16-11)14(21)13-9-20(18-17-13)8-12-3-2-6-22-12/h4-5,9-10,12H,2-3,6-8H2,1H3. The van der Waals surface area contributed by atoms with E-state index >= 15 is 0 Å². The average Bonchev–Trinajstić information content (AvgIpc) is 3.20. The second-order valence-corrected chi connectivity index (χ2v) is 5.32. The van der Waals surface area contributed by atoms with E-state index in [9.17, 15) is 4.79 Å². The van der Waals surface area contributed by atoms with Crippen LogP contribution in [0.4, 0.5) is 0 Å². The fraction of sp³-hybridized carbons (Fsp3) is 0.500. The lowest BCUT2D eigenvalue weighted by Crippen LogP contribution is -2.27. The molecular formula is C14H18N6O2. The molecule has 3 rings (SSSR count). The predicted octanol–water partition coefficient (Wildman–Crippen LogP) is 0.519. The van der Waals surface area contributed by atoms with Crippen LogP contribution >= 0.6 is 0 Å². The lowest BCUT2D eigenvalue weighted by molar-refractivity contribution is 0.0776. The minimum absolute atomic E-state index is 0.170. The first kappa shape index (κ1) is 14.6. The van der Waals surface area contributed by atoms with Crippen LogP contribution in [0.2, 0.25) is 0 Å². The highest BCUT2D eigenvalue weighted by atomic mass is 16.5. The Hall–Kier alpha value is -2.35. The molecule has 116 valence electrons. The van der Waals surface area contributed by atoms with Crippen LogP contribution in [-0.2, 0) is 17.8 Å². The topological polar surface area (TPSA) is 86.0 Å². The van der Waals surface area contributed by atoms with E-state index in [0.29, 0.717) is 18.8 Å². The quantitative estimate of drug-likeness (QED) is 0.800. The zero-order chi connectivity index (χ0) is 15.4. The molecule has 1 saturated heterocycles. The number of hydrogen-bond donors (Lipinski definition) is 0. The summed E-state index contributed by atoms with van der Waals surface area (Å²) in [5, 5.41) is 7.96. The van der Waals surface area contributed by atoms with Gasteiger partial charge in [0.1, 0.15) is 6.33 Å². The van der Waals surface area contributed by atoms with Crippen molar-refractivity contribution in [1.29, 1.82) is 0 Å². The predicted molar refractivity (Wildman–Crippen MR) is 76.8 cm³/mol. The SMILES string of the molecule is CN(Cc1ccncn1)C(=O)c1cn(CC2CCCO2)nn1. The molecule has 0 aromatic carbocycles. The zero-order valence-electron chi connectivity index (χ0n) is 12.4. The molecule has 1 amide bonds. The van der Waals surface area contributed by atoms with Gasteiger partial charge < -0.3 is 9.64 Å². The largest absolute Gasteiger partial charge is 0.376 e. The Morgan fingerprint density at radius 2 is 2.45 bits per heavy atom. The van der Waals surface area contributed by atoms with E-state index in [1.807, 2.05) is 0 Å². The Bertz CT molecular complexity index is 623. The van der Waals surface area contributed by atoms with Crippen molar-refractivity contribution in [2.24, 2.45) is 0 Å². The lowest BCUT2D eigenvalue weighted by atomic mass is 10.2. The van der Waals surface area contributed by atoms with Gasteiger partial charge in [0, 0.05) is 19.9 Å². The molecule has 1 unspecified atom stereocenters. The van der Waals surface area contributed by atoms with Crippen LogP contribution < -0.4 is 0 Å². The van der Waals surface area contributed by atoms with Gasteiger partial charge in [0.25, 0.3) is 5.91 Å². The van der Waals surface area contributed by atoms with E-state index in [1.54, 1.807) is 35.1 Å². The summed E-state index contributed by atoms with van der Waals surface area (Å²) < 4.78 is 7.22.